The Morgan fingerprint density at radius 3 is 2.71 bits per heavy atom. The fourth-order valence-corrected chi connectivity index (χ4v) is 3.36. The number of nitro groups is 1. The second kappa shape index (κ2) is 5.94. The lowest BCUT2D eigenvalue weighted by molar-refractivity contribution is -0.384. The molecule has 0 spiro atoms. The minimum absolute atomic E-state index is 0.0661. The molecule has 1 heterocycles. The Labute approximate surface area is 122 Å². The molecule has 0 radical (unpaired) electrons. The van der Waals surface area contributed by atoms with Crippen LogP contribution in [0.5, 0.6) is 0 Å². The largest absolute Gasteiger partial charge is 0.379 e. The smallest absolute Gasteiger partial charge is 0.295 e. The van der Waals surface area contributed by atoms with Crippen LogP contribution in [0.3, 0.4) is 0 Å². The minimum atomic E-state index is -3.16. The van der Waals surface area contributed by atoms with Crippen LogP contribution in [0.2, 0.25) is 0 Å². The first kappa shape index (κ1) is 15.6. The summed E-state index contributed by atoms with van der Waals surface area (Å²) in [5.74, 6) is -0.511. The molecule has 2 rings (SSSR count). The van der Waals surface area contributed by atoms with Crippen molar-refractivity contribution in [3.8, 4) is 0 Å². The third-order valence-electron chi connectivity index (χ3n) is 3.42. The molecule has 116 valence electrons. The molecule has 0 aliphatic carbocycles. The van der Waals surface area contributed by atoms with Crippen molar-refractivity contribution in [1.29, 1.82) is 0 Å². The number of hydrogen-bond donors (Lipinski definition) is 1. The molecule has 1 aliphatic heterocycles. The summed E-state index contributed by atoms with van der Waals surface area (Å²) in [6.45, 7) is 2.79. The maximum atomic E-state index is 13.0. The van der Waals surface area contributed by atoms with Gasteiger partial charge in [-0.15, -0.1) is 0 Å². The molecule has 1 fully saturated rings. The lowest BCUT2D eigenvalue weighted by Gasteiger charge is -2.38. The number of halogens is 1. The number of nitro benzene ring substituents is 1. The monoisotopic (exact) mass is 317 g/mol. The summed E-state index contributed by atoms with van der Waals surface area (Å²) in [6.07, 6.45) is 0. The molecule has 0 unspecified atom stereocenters. The van der Waals surface area contributed by atoms with Crippen molar-refractivity contribution >= 4 is 21.4 Å². The van der Waals surface area contributed by atoms with Gasteiger partial charge in [0.25, 0.3) is 5.69 Å². The first-order chi connectivity index (χ1) is 9.83. The average molecular weight is 317 g/mol. The van der Waals surface area contributed by atoms with Crippen molar-refractivity contribution in [2.24, 2.45) is 5.92 Å². The van der Waals surface area contributed by atoms with Gasteiger partial charge in [0.1, 0.15) is 11.5 Å². The lowest BCUT2D eigenvalue weighted by Crippen LogP contribution is -2.52. The van der Waals surface area contributed by atoms with E-state index in [0.29, 0.717) is 19.6 Å². The Balaban J connectivity index is 1.93. The molecule has 21 heavy (non-hydrogen) atoms. The molecular weight excluding hydrogens is 301 g/mol. The highest BCUT2D eigenvalue weighted by Gasteiger charge is 2.34. The average Bonchev–Trinajstić information content (AvgIpc) is 2.37. The van der Waals surface area contributed by atoms with Crippen LogP contribution in [-0.2, 0) is 10.0 Å². The maximum absolute atomic E-state index is 13.0. The third-order valence-corrected chi connectivity index (χ3v) is 5.23. The lowest BCUT2D eigenvalue weighted by atomic mass is 10.0. The van der Waals surface area contributed by atoms with Gasteiger partial charge in [-0.3, -0.25) is 10.1 Å². The molecule has 1 N–H and O–H groups in total. The second-order valence-electron chi connectivity index (χ2n) is 4.88. The van der Waals surface area contributed by atoms with Crippen molar-refractivity contribution in [3.05, 3.63) is 34.1 Å². The van der Waals surface area contributed by atoms with E-state index in [1.54, 1.807) is 6.92 Å². The molecule has 0 atom stereocenters. The van der Waals surface area contributed by atoms with E-state index in [2.05, 4.69) is 5.32 Å². The van der Waals surface area contributed by atoms with Gasteiger partial charge in [-0.05, 0) is 19.1 Å². The van der Waals surface area contributed by atoms with Gasteiger partial charge in [-0.1, -0.05) is 0 Å². The Morgan fingerprint density at radius 1 is 1.48 bits per heavy atom. The molecule has 1 aromatic rings. The Hall–Kier alpha value is -1.74. The Kier molecular flexibility index (Phi) is 4.43. The van der Waals surface area contributed by atoms with Crippen LogP contribution in [0.1, 0.15) is 6.92 Å². The van der Waals surface area contributed by atoms with Crippen molar-refractivity contribution in [2.45, 2.75) is 6.92 Å². The number of anilines is 1. The maximum Gasteiger partial charge on any atom is 0.295 e. The van der Waals surface area contributed by atoms with Gasteiger partial charge < -0.3 is 5.32 Å². The fourth-order valence-electron chi connectivity index (χ4n) is 2.12. The van der Waals surface area contributed by atoms with Crippen LogP contribution in [-0.4, -0.2) is 43.0 Å². The van der Waals surface area contributed by atoms with Gasteiger partial charge in [0, 0.05) is 25.6 Å². The summed E-state index contributed by atoms with van der Waals surface area (Å²) in [5.41, 5.74) is -0.0921. The van der Waals surface area contributed by atoms with Gasteiger partial charge in [0.05, 0.1) is 16.7 Å². The molecule has 0 amide bonds. The predicted octanol–water partition coefficient (Wildman–Crippen LogP) is 1.43. The number of nitrogens with one attached hydrogen (secondary N) is 1. The minimum Gasteiger partial charge on any atom is -0.379 e. The highest BCUT2D eigenvalue weighted by molar-refractivity contribution is 7.89. The van der Waals surface area contributed by atoms with Crippen LogP contribution >= 0.6 is 0 Å². The molecular formula is C12H16FN3O4S. The topological polar surface area (TPSA) is 92.6 Å². The molecule has 0 bridgehead atoms. The molecule has 0 aromatic heterocycles. The molecule has 1 aliphatic rings. The molecule has 1 saturated heterocycles. The third kappa shape index (κ3) is 3.48. The highest BCUT2D eigenvalue weighted by atomic mass is 32.2. The number of nitrogens with zero attached hydrogens (tertiary/aromatic N) is 2. The zero-order valence-electron chi connectivity index (χ0n) is 11.5. The predicted molar refractivity (Wildman–Crippen MR) is 76.1 cm³/mol. The van der Waals surface area contributed by atoms with Crippen molar-refractivity contribution in [1.82, 2.24) is 4.31 Å². The van der Waals surface area contributed by atoms with E-state index in [1.807, 2.05) is 0 Å². The first-order valence-corrected chi connectivity index (χ1v) is 8.10. The van der Waals surface area contributed by atoms with Crippen LogP contribution < -0.4 is 5.32 Å². The number of rotatable bonds is 6. The molecule has 1 aromatic carbocycles. The zero-order chi connectivity index (χ0) is 15.6. The van der Waals surface area contributed by atoms with Crippen LogP contribution in [0.15, 0.2) is 18.2 Å². The van der Waals surface area contributed by atoms with Crippen molar-refractivity contribution < 1.29 is 17.7 Å². The van der Waals surface area contributed by atoms with E-state index in [9.17, 15) is 22.9 Å². The zero-order valence-corrected chi connectivity index (χ0v) is 12.3. The number of sulfonamides is 1. The summed E-state index contributed by atoms with van der Waals surface area (Å²) in [5, 5.41) is 13.7. The molecule has 0 saturated carbocycles. The molecule has 9 heteroatoms. The van der Waals surface area contributed by atoms with Gasteiger partial charge in [-0.25, -0.2) is 17.1 Å². The second-order valence-corrected chi connectivity index (χ2v) is 7.14. The SMILES string of the molecule is CCS(=O)(=O)N1CC(CNc2ccc(F)cc2[N+](=O)[O-])C1. The van der Waals surface area contributed by atoms with Gasteiger partial charge in [-0.2, -0.15) is 0 Å². The van der Waals surface area contributed by atoms with Crippen LogP contribution in [0, 0.1) is 21.8 Å². The highest BCUT2D eigenvalue weighted by Crippen LogP contribution is 2.26. The van der Waals surface area contributed by atoms with E-state index in [-0.39, 0.29) is 23.0 Å². The van der Waals surface area contributed by atoms with E-state index in [4.69, 9.17) is 0 Å². The van der Waals surface area contributed by atoms with Crippen molar-refractivity contribution in [2.75, 3.05) is 30.7 Å². The van der Waals surface area contributed by atoms with E-state index < -0.39 is 20.8 Å². The normalized spacial score (nSPS) is 16.5. The standard InChI is InChI=1S/C12H16FN3O4S/c1-2-21(19,20)15-7-9(8-15)6-14-11-4-3-10(13)5-12(11)16(17)18/h3-5,9,14H,2,6-8H2,1H3. The Morgan fingerprint density at radius 2 is 2.14 bits per heavy atom. The van der Waals surface area contributed by atoms with Gasteiger partial charge >= 0.3 is 0 Å². The van der Waals surface area contributed by atoms with E-state index in [1.165, 1.54) is 10.4 Å². The Bertz CT molecular complexity index is 644. The van der Waals surface area contributed by atoms with E-state index >= 15 is 0 Å². The van der Waals surface area contributed by atoms with Gasteiger partial charge in [0.15, 0.2) is 0 Å². The first-order valence-electron chi connectivity index (χ1n) is 6.49. The summed E-state index contributed by atoms with van der Waals surface area (Å²) >= 11 is 0. The van der Waals surface area contributed by atoms with Crippen LogP contribution in [0.25, 0.3) is 0 Å². The number of benzene rings is 1. The van der Waals surface area contributed by atoms with E-state index in [0.717, 1.165) is 12.1 Å². The summed E-state index contributed by atoms with van der Waals surface area (Å²) in [6, 6.07) is 3.31. The summed E-state index contributed by atoms with van der Waals surface area (Å²) < 4.78 is 37.5. The fraction of sp³-hybridized carbons (Fsp3) is 0.500. The van der Waals surface area contributed by atoms with Crippen LogP contribution in [0.4, 0.5) is 15.8 Å². The molecule has 7 nitrogen and oxygen atoms in total. The van der Waals surface area contributed by atoms with Gasteiger partial charge in [0.2, 0.25) is 10.0 Å². The number of hydrogen-bond acceptors (Lipinski definition) is 5. The summed E-state index contributed by atoms with van der Waals surface area (Å²) in [4.78, 5) is 10.2. The summed E-state index contributed by atoms with van der Waals surface area (Å²) in [7, 11) is -3.16. The quantitative estimate of drug-likeness (QED) is 0.633. The van der Waals surface area contributed by atoms with Crippen molar-refractivity contribution in [3.63, 3.8) is 0 Å².